The van der Waals surface area contributed by atoms with Gasteiger partial charge in [-0.2, -0.15) is 0 Å². The first-order chi connectivity index (χ1) is 13.3. The molecule has 1 unspecified atom stereocenters. The number of H-pyrrole nitrogens is 1. The normalized spacial score (nSPS) is 16.5. The van der Waals surface area contributed by atoms with Crippen LogP contribution in [0.1, 0.15) is 58.4 Å². The number of aromatic amines is 1. The van der Waals surface area contributed by atoms with Gasteiger partial charge in [-0.3, -0.25) is 4.79 Å². The summed E-state index contributed by atoms with van der Waals surface area (Å²) in [6.45, 7) is 5.43. The van der Waals surface area contributed by atoms with Crippen LogP contribution in [0.4, 0.5) is 4.79 Å². The van der Waals surface area contributed by atoms with Gasteiger partial charge in [0.2, 0.25) is 5.91 Å². The van der Waals surface area contributed by atoms with Gasteiger partial charge in [0.1, 0.15) is 11.6 Å². The van der Waals surface area contributed by atoms with Crippen LogP contribution in [-0.4, -0.2) is 34.7 Å². The van der Waals surface area contributed by atoms with Crippen LogP contribution >= 0.6 is 0 Å². The molecule has 1 saturated carbocycles. The monoisotopic (exact) mass is 385 g/mol. The maximum absolute atomic E-state index is 13.0. The minimum atomic E-state index is -0.684. The van der Waals surface area contributed by atoms with E-state index in [2.05, 4.69) is 15.6 Å². The second-order valence-electron chi connectivity index (χ2n) is 8.61. The Balaban J connectivity index is 1.74. The molecule has 0 saturated heterocycles. The van der Waals surface area contributed by atoms with Crippen molar-refractivity contribution in [2.24, 2.45) is 0 Å². The fourth-order valence-electron chi connectivity index (χ4n) is 3.73. The summed E-state index contributed by atoms with van der Waals surface area (Å²) >= 11 is 0. The Labute approximate surface area is 166 Å². The topological polar surface area (TPSA) is 83.2 Å². The molecular weight excluding hydrogens is 354 g/mol. The number of nitrogens with one attached hydrogen (secondary N) is 3. The van der Waals surface area contributed by atoms with Crippen molar-refractivity contribution < 1.29 is 14.3 Å². The molecule has 1 aliphatic carbocycles. The third kappa shape index (κ3) is 5.50. The highest BCUT2D eigenvalue weighted by Crippen LogP contribution is 2.21. The first-order valence-corrected chi connectivity index (χ1v) is 10.2. The number of fused-ring (bicyclic) bond motifs is 1. The van der Waals surface area contributed by atoms with E-state index in [0.717, 1.165) is 42.1 Å². The molecule has 6 heteroatoms. The Morgan fingerprint density at radius 2 is 1.89 bits per heavy atom. The SMILES string of the molecule is CC(C)(C)OC(=O)NC(Cc1c[nH]c2ccccc12)C(=O)NC1CCCCC1. The first-order valence-electron chi connectivity index (χ1n) is 10.2. The molecule has 0 radical (unpaired) electrons. The van der Waals surface area contributed by atoms with Crippen LogP contribution in [0.15, 0.2) is 30.5 Å². The number of hydrogen-bond donors (Lipinski definition) is 3. The molecule has 3 rings (SSSR count). The standard InChI is InChI=1S/C22H31N3O3/c1-22(2,3)28-21(27)25-19(20(26)24-16-9-5-4-6-10-16)13-15-14-23-18-12-8-7-11-17(15)18/h7-8,11-12,14,16,19,23H,4-6,9-10,13H2,1-3H3,(H,24,26)(H,25,27). The number of para-hydroxylation sites is 1. The number of carbonyl (C=O) groups excluding carboxylic acids is 2. The van der Waals surface area contributed by atoms with Gasteiger partial charge >= 0.3 is 6.09 Å². The van der Waals surface area contributed by atoms with Gasteiger partial charge in [-0.05, 0) is 45.2 Å². The van der Waals surface area contributed by atoms with Crippen molar-refractivity contribution in [1.82, 2.24) is 15.6 Å². The summed E-state index contributed by atoms with van der Waals surface area (Å²) in [6, 6.07) is 7.46. The lowest BCUT2D eigenvalue weighted by atomic mass is 9.95. The fraction of sp³-hybridized carbons (Fsp3) is 0.545. The molecule has 2 amide bonds. The lowest BCUT2D eigenvalue weighted by molar-refractivity contribution is -0.124. The van der Waals surface area contributed by atoms with Gasteiger partial charge in [0, 0.05) is 29.6 Å². The molecule has 1 aromatic carbocycles. The second-order valence-corrected chi connectivity index (χ2v) is 8.61. The number of hydrogen-bond acceptors (Lipinski definition) is 3. The van der Waals surface area contributed by atoms with Crippen LogP contribution in [0.3, 0.4) is 0 Å². The largest absolute Gasteiger partial charge is 0.444 e. The zero-order chi connectivity index (χ0) is 20.1. The van der Waals surface area contributed by atoms with Crippen LogP contribution in [0, 0.1) is 0 Å². The van der Waals surface area contributed by atoms with Crippen LogP contribution in [-0.2, 0) is 16.0 Å². The predicted octanol–water partition coefficient (Wildman–Crippen LogP) is 4.05. The Morgan fingerprint density at radius 1 is 1.18 bits per heavy atom. The molecule has 1 aliphatic rings. The van der Waals surface area contributed by atoms with Crippen LogP contribution in [0.5, 0.6) is 0 Å². The minimum Gasteiger partial charge on any atom is -0.444 e. The smallest absolute Gasteiger partial charge is 0.408 e. The van der Waals surface area contributed by atoms with Gasteiger partial charge in [0.25, 0.3) is 0 Å². The molecule has 6 nitrogen and oxygen atoms in total. The molecule has 1 fully saturated rings. The van der Waals surface area contributed by atoms with Gasteiger partial charge in [0.15, 0.2) is 0 Å². The van der Waals surface area contributed by atoms with Gasteiger partial charge in [0.05, 0.1) is 0 Å². The molecular formula is C22H31N3O3. The molecule has 2 aromatic rings. The van der Waals surface area contributed by atoms with Crippen LogP contribution < -0.4 is 10.6 Å². The number of benzene rings is 1. The number of ether oxygens (including phenoxy) is 1. The van der Waals surface area contributed by atoms with E-state index in [0.29, 0.717) is 6.42 Å². The van der Waals surface area contributed by atoms with Gasteiger partial charge < -0.3 is 20.4 Å². The highest BCUT2D eigenvalue weighted by atomic mass is 16.6. The summed E-state index contributed by atoms with van der Waals surface area (Å²) in [5.41, 5.74) is 1.39. The maximum Gasteiger partial charge on any atom is 0.408 e. The minimum absolute atomic E-state index is 0.150. The van der Waals surface area contributed by atoms with Crippen molar-refractivity contribution in [2.45, 2.75) is 77.0 Å². The van der Waals surface area contributed by atoms with Crippen molar-refractivity contribution in [3.05, 3.63) is 36.0 Å². The Hall–Kier alpha value is -2.50. The van der Waals surface area contributed by atoms with E-state index in [1.165, 1.54) is 6.42 Å². The van der Waals surface area contributed by atoms with Crippen molar-refractivity contribution in [3.8, 4) is 0 Å². The van der Waals surface area contributed by atoms with Crippen LogP contribution in [0.25, 0.3) is 10.9 Å². The average Bonchev–Trinajstić information content (AvgIpc) is 3.03. The maximum atomic E-state index is 13.0. The highest BCUT2D eigenvalue weighted by Gasteiger charge is 2.27. The number of amides is 2. The van der Waals surface area contributed by atoms with Gasteiger partial charge in [-0.1, -0.05) is 37.5 Å². The molecule has 1 aromatic heterocycles. The number of rotatable bonds is 5. The van der Waals surface area contributed by atoms with Gasteiger partial charge in [-0.25, -0.2) is 4.79 Å². The number of aromatic nitrogens is 1. The summed E-state index contributed by atoms with van der Waals surface area (Å²) < 4.78 is 5.38. The highest BCUT2D eigenvalue weighted by molar-refractivity contribution is 5.88. The average molecular weight is 386 g/mol. The van der Waals surface area contributed by atoms with E-state index >= 15 is 0 Å². The zero-order valence-corrected chi connectivity index (χ0v) is 17.0. The van der Waals surface area contributed by atoms with Crippen molar-refractivity contribution in [1.29, 1.82) is 0 Å². The van der Waals surface area contributed by atoms with E-state index < -0.39 is 17.7 Å². The molecule has 1 atom stereocenters. The summed E-state index contributed by atoms with van der Waals surface area (Å²) in [6.07, 6.45) is 7.23. The van der Waals surface area contributed by atoms with E-state index in [1.54, 1.807) is 0 Å². The quantitative estimate of drug-likeness (QED) is 0.726. The van der Waals surface area contributed by atoms with E-state index in [9.17, 15) is 9.59 Å². The Bertz CT molecular complexity index is 816. The molecule has 152 valence electrons. The predicted molar refractivity (Wildman–Crippen MR) is 110 cm³/mol. The Kier molecular flexibility index (Phi) is 6.27. The van der Waals surface area contributed by atoms with E-state index in [4.69, 9.17) is 4.74 Å². The van der Waals surface area contributed by atoms with Crippen molar-refractivity contribution in [2.75, 3.05) is 0 Å². The molecule has 0 aliphatic heterocycles. The molecule has 1 heterocycles. The lowest BCUT2D eigenvalue weighted by Gasteiger charge is -2.27. The third-order valence-corrected chi connectivity index (χ3v) is 5.06. The Morgan fingerprint density at radius 3 is 2.61 bits per heavy atom. The molecule has 0 bridgehead atoms. The van der Waals surface area contributed by atoms with Crippen molar-refractivity contribution in [3.63, 3.8) is 0 Å². The second kappa shape index (κ2) is 8.67. The molecule has 3 N–H and O–H groups in total. The number of carbonyl (C=O) groups is 2. The fourth-order valence-corrected chi connectivity index (χ4v) is 3.73. The third-order valence-electron chi connectivity index (χ3n) is 5.06. The first kappa shape index (κ1) is 20.2. The summed E-state index contributed by atoms with van der Waals surface area (Å²) in [5, 5.41) is 6.97. The number of alkyl carbamates (subject to hydrolysis) is 1. The van der Waals surface area contributed by atoms with Crippen LogP contribution in [0.2, 0.25) is 0 Å². The summed E-state index contributed by atoms with van der Waals surface area (Å²) in [4.78, 5) is 28.5. The zero-order valence-electron chi connectivity index (χ0n) is 17.0. The molecule has 28 heavy (non-hydrogen) atoms. The summed E-state index contributed by atoms with van der Waals surface area (Å²) in [5.74, 6) is -0.150. The molecule has 0 spiro atoms. The summed E-state index contributed by atoms with van der Waals surface area (Å²) in [7, 11) is 0. The van der Waals surface area contributed by atoms with Crippen molar-refractivity contribution >= 4 is 22.9 Å². The lowest BCUT2D eigenvalue weighted by Crippen LogP contribution is -2.51. The van der Waals surface area contributed by atoms with Gasteiger partial charge in [-0.15, -0.1) is 0 Å². The van der Waals surface area contributed by atoms with E-state index in [-0.39, 0.29) is 11.9 Å². The van der Waals surface area contributed by atoms with E-state index in [1.807, 2.05) is 51.2 Å².